The SMILES string of the molecule is CC(=O)c1c(C)[nH]c(C(=O)Nc2ccc(NC(N)=O)cc2)c1C. The quantitative estimate of drug-likeness (QED) is 0.650. The number of urea groups is 1. The molecule has 1 aromatic heterocycles. The van der Waals surface area contributed by atoms with Gasteiger partial charge in [-0.05, 0) is 50.6 Å². The maximum absolute atomic E-state index is 12.3. The molecule has 0 unspecified atom stereocenters. The number of nitrogens with two attached hydrogens (primary N) is 1. The molecule has 0 atom stereocenters. The largest absolute Gasteiger partial charge is 0.354 e. The van der Waals surface area contributed by atoms with E-state index in [9.17, 15) is 14.4 Å². The number of aromatic nitrogens is 1. The molecule has 0 aliphatic carbocycles. The van der Waals surface area contributed by atoms with Gasteiger partial charge >= 0.3 is 6.03 Å². The smallest absolute Gasteiger partial charge is 0.316 e. The predicted octanol–water partition coefficient (Wildman–Crippen LogP) is 2.58. The molecule has 7 heteroatoms. The van der Waals surface area contributed by atoms with E-state index in [2.05, 4.69) is 15.6 Å². The number of carbonyl (C=O) groups is 3. The third kappa shape index (κ3) is 3.57. The average Bonchev–Trinajstić information content (AvgIpc) is 2.75. The fourth-order valence-corrected chi connectivity index (χ4v) is 2.48. The lowest BCUT2D eigenvalue weighted by molar-refractivity contribution is 0.101. The molecule has 5 N–H and O–H groups in total. The number of aromatic amines is 1. The van der Waals surface area contributed by atoms with Crippen molar-refractivity contribution in [2.24, 2.45) is 5.73 Å². The van der Waals surface area contributed by atoms with Gasteiger partial charge in [-0.15, -0.1) is 0 Å². The van der Waals surface area contributed by atoms with Gasteiger partial charge in [0, 0.05) is 22.6 Å². The summed E-state index contributed by atoms with van der Waals surface area (Å²) >= 11 is 0. The third-order valence-corrected chi connectivity index (χ3v) is 3.43. The molecule has 0 saturated heterocycles. The Kier molecular flexibility index (Phi) is 4.49. The van der Waals surface area contributed by atoms with Gasteiger partial charge in [-0.2, -0.15) is 0 Å². The minimum absolute atomic E-state index is 0.0859. The number of hydrogen-bond donors (Lipinski definition) is 4. The molecule has 0 fully saturated rings. The number of nitrogens with one attached hydrogen (secondary N) is 3. The number of rotatable bonds is 4. The van der Waals surface area contributed by atoms with Crippen LogP contribution in [0.25, 0.3) is 0 Å². The van der Waals surface area contributed by atoms with Crippen molar-refractivity contribution in [1.82, 2.24) is 4.98 Å². The van der Waals surface area contributed by atoms with Crippen LogP contribution in [0.5, 0.6) is 0 Å². The van der Waals surface area contributed by atoms with Crippen molar-refractivity contribution in [2.75, 3.05) is 10.6 Å². The molecule has 120 valence electrons. The molecular formula is C16H18N4O3. The van der Waals surface area contributed by atoms with E-state index >= 15 is 0 Å². The lowest BCUT2D eigenvalue weighted by Gasteiger charge is -2.07. The molecule has 23 heavy (non-hydrogen) atoms. The van der Waals surface area contributed by atoms with Crippen molar-refractivity contribution < 1.29 is 14.4 Å². The highest BCUT2D eigenvalue weighted by atomic mass is 16.2. The molecular weight excluding hydrogens is 296 g/mol. The summed E-state index contributed by atoms with van der Waals surface area (Å²) in [6.45, 7) is 4.95. The lowest BCUT2D eigenvalue weighted by atomic mass is 10.1. The molecule has 1 heterocycles. The number of benzene rings is 1. The van der Waals surface area contributed by atoms with Crippen LogP contribution >= 0.6 is 0 Å². The van der Waals surface area contributed by atoms with Crippen molar-refractivity contribution >= 4 is 29.1 Å². The predicted molar refractivity (Wildman–Crippen MR) is 87.9 cm³/mol. The molecule has 0 saturated carbocycles. The van der Waals surface area contributed by atoms with Crippen LogP contribution in [0.1, 0.15) is 39.0 Å². The van der Waals surface area contributed by atoms with Gasteiger partial charge in [0.2, 0.25) is 0 Å². The van der Waals surface area contributed by atoms with Crippen molar-refractivity contribution in [3.8, 4) is 0 Å². The lowest BCUT2D eigenvalue weighted by Crippen LogP contribution is -2.19. The van der Waals surface area contributed by atoms with E-state index in [1.807, 2.05) is 0 Å². The average molecular weight is 314 g/mol. The topological polar surface area (TPSA) is 117 Å². The minimum Gasteiger partial charge on any atom is -0.354 e. The Morgan fingerprint density at radius 3 is 1.96 bits per heavy atom. The first kappa shape index (κ1) is 16.3. The number of anilines is 2. The minimum atomic E-state index is -0.656. The van der Waals surface area contributed by atoms with Crippen molar-refractivity contribution in [3.05, 3.63) is 46.8 Å². The Morgan fingerprint density at radius 1 is 1.00 bits per heavy atom. The maximum Gasteiger partial charge on any atom is 0.316 e. The normalized spacial score (nSPS) is 10.2. The summed E-state index contributed by atoms with van der Waals surface area (Å²) in [5, 5.41) is 5.17. The van der Waals surface area contributed by atoms with Crippen LogP contribution in [0.2, 0.25) is 0 Å². The molecule has 0 aliphatic heterocycles. The van der Waals surface area contributed by atoms with Crippen molar-refractivity contribution in [3.63, 3.8) is 0 Å². The van der Waals surface area contributed by atoms with Gasteiger partial charge < -0.3 is 21.4 Å². The second kappa shape index (κ2) is 6.35. The molecule has 2 rings (SSSR count). The van der Waals surface area contributed by atoms with E-state index in [0.717, 1.165) is 0 Å². The van der Waals surface area contributed by atoms with Gasteiger partial charge in [0.1, 0.15) is 5.69 Å². The van der Waals surface area contributed by atoms with E-state index in [0.29, 0.717) is 33.9 Å². The van der Waals surface area contributed by atoms with Crippen LogP contribution in [-0.2, 0) is 0 Å². The number of carbonyl (C=O) groups excluding carboxylic acids is 3. The van der Waals surface area contributed by atoms with Gasteiger partial charge in [-0.3, -0.25) is 9.59 Å². The first-order valence-corrected chi connectivity index (χ1v) is 6.97. The van der Waals surface area contributed by atoms with E-state index in [4.69, 9.17) is 5.73 Å². The zero-order chi connectivity index (χ0) is 17.1. The van der Waals surface area contributed by atoms with E-state index in [1.54, 1.807) is 38.1 Å². The number of Topliss-reactive ketones (excluding diaryl/α,β-unsaturated/α-hetero) is 1. The fourth-order valence-electron chi connectivity index (χ4n) is 2.48. The summed E-state index contributed by atoms with van der Waals surface area (Å²) in [6, 6.07) is 5.86. The number of primary amides is 1. The zero-order valence-corrected chi connectivity index (χ0v) is 13.1. The maximum atomic E-state index is 12.3. The second-order valence-corrected chi connectivity index (χ2v) is 5.20. The van der Waals surface area contributed by atoms with Crippen LogP contribution in [0.15, 0.2) is 24.3 Å². The Morgan fingerprint density at radius 2 is 1.52 bits per heavy atom. The van der Waals surface area contributed by atoms with E-state index in [1.165, 1.54) is 6.92 Å². The number of H-pyrrole nitrogens is 1. The summed E-state index contributed by atoms with van der Waals surface area (Å²) in [5.41, 5.74) is 8.29. The van der Waals surface area contributed by atoms with Crippen LogP contribution in [0, 0.1) is 13.8 Å². The highest BCUT2D eigenvalue weighted by molar-refractivity contribution is 6.07. The third-order valence-electron chi connectivity index (χ3n) is 3.43. The van der Waals surface area contributed by atoms with E-state index in [-0.39, 0.29) is 11.7 Å². The Bertz CT molecular complexity index is 775. The molecule has 2 aromatic rings. The van der Waals surface area contributed by atoms with Gasteiger partial charge in [0.25, 0.3) is 5.91 Å². The number of amides is 3. The van der Waals surface area contributed by atoms with Crippen LogP contribution < -0.4 is 16.4 Å². The highest BCUT2D eigenvalue weighted by Gasteiger charge is 2.19. The van der Waals surface area contributed by atoms with Gasteiger partial charge in [0.05, 0.1) is 0 Å². The molecule has 0 bridgehead atoms. The van der Waals surface area contributed by atoms with Crippen LogP contribution in [0.3, 0.4) is 0 Å². The Balaban J connectivity index is 2.18. The Labute approximate surface area is 133 Å². The molecule has 7 nitrogen and oxygen atoms in total. The summed E-state index contributed by atoms with van der Waals surface area (Å²) < 4.78 is 0. The van der Waals surface area contributed by atoms with Crippen molar-refractivity contribution in [1.29, 1.82) is 0 Å². The van der Waals surface area contributed by atoms with Gasteiger partial charge in [0.15, 0.2) is 5.78 Å². The van der Waals surface area contributed by atoms with Crippen LogP contribution in [-0.4, -0.2) is 22.7 Å². The summed E-state index contributed by atoms with van der Waals surface area (Å²) in [6.07, 6.45) is 0. The first-order valence-electron chi connectivity index (χ1n) is 6.97. The van der Waals surface area contributed by atoms with E-state index < -0.39 is 6.03 Å². The fraction of sp³-hybridized carbons (Fsp3) is 0.188. The van der Waals surface area contributed by atoms with Gasteiger partial charge in [-0.1, -0.05) is 0 Å². The number of ketones is 1. The highest BCUT2D eigenvalue weighted by Crippen LogP contribution is 2.20. The standard InChI is InChI=1S/C16H18N4O3/c1-8-13(10(3)21)9(2)18-14(8)15(22)19-11-4-6-12(7-5-11)20-16(17)23/h4-7,18H,1-3H3,(H,19,22)(H3,17,20,23). The van der Waals surface area contributed by atoms with Crippen LogP contribution in [0.4, 0.5) is 16.2 Å². The zero-order valence-electron chi connectivity index (χ0n) is 13.1. The molecule has 3 amide bonds. The summed E-state index contributed by atoms with van der Waals surface area (Å²) in [4.78, 5) is 37.7. The summed E-state index contributed by atoms with van der Waals surface area (Å²) in [5.74, 6) is -0.425. The molecule has 0 spiro atoms. The number of aryl methyl sites for hydroxylation is 1. The monoisotopic (exact) mass is 314 g/mol. The summed E-state index contributed by atoms with van der Waals surface area (Å²) in [7, 11) is 0. The van der Waals surface area contributed by atoms with Crippen molar-refractivity contribution in [2.45, 2.75) is 20.8 Å². The molecule has 0 aliphatic rings. The van der Waals surface area contributed by atoms with Gasteiger partial charge in [-0.25, -0.2) is 4.79 Å². The Hall–Kier alpha value is -3.09. The second-order valence-electron chi connectivity index (χ2n) is 5.20. The molecule has 0 radical (unpaired) electrons. The first-order chi connectivity index (χ1) is 10.8. The number of hydrogen-bond acceptors (Lipinski definition) is 3. The molecule has 1 aromatic carbocycles.